The fourth-order valence-electron chi connectivity index (χ4n) is 2.13. The van der Waals surface area contributed by atoms with Crippen molar-refractivity contribution in [3.8, 4) is 0 Å². The topological polar surface area (TPSA) is 37.3 Å². The Labute approximate surface area is 97.4 Å². The van der Waals surface area contributed by atoms with E-state index in [2.05, 4.69) is 6.58 Å². The summed E-state index contributed by atoms with van der Waals surface area (Å²) in [4.78, 5) is 11.5. The third-order valence-corrected chi connectivity index (χ3v) is 3.24. The molecule has 16 heavy (non-hydrogen) atoms. The maximum Gasteiger partial charge on any atom is 0.156 e. The summed E-state index contributed by atoms with van der Waals surface area (Å²) in [5, 5.41) is 10.7. The quantitative estimate of drug-likeness (QED) is 0.726. The average Bonchev–Trinajstić information content (AvgIpc) is 2.10. The molecule has 0 amide bonds. The Bertz CT molecular complexity index is 386. The molecule has 0 aromatic rings. The number of carbonyl (C=O) groups excluding carboxylic acids is 1. The van der Waals surface area contributed by atoms with Gasteiger partial charge in [-0.05, 0) is 31.6 Å². The van der Waals surface area contributed by atoms with Gasteiger partial charge in [-0.1, -0.05) is 32.1 Å². The Kier molecular flexibility index (Phi) is 3.25. The lowest BCUT2D eigenvalue weighted by molar-refractivity contribution is -0.121. The minimum absolute atomic E-state index is 0.0795. The van der Waals surface area contributed by atoms with Gasteiger partial charge in [0.25, 0.3) is 0 Å². The Morgan fingerprint density at radius 3 is 2.56 bits per heavy atom. The third-order valence-electron chi connectivity index (χ3n) is 3.24. The summed E-state index contributed by atoms with van der Waals surface area (Å²) in [7, 11) is 0. The Morgan fingerprint density at radius 1 is 1.56 bits per heavy atom. The second-order valence-corrected chi connectivity index (χ2v) is 5.30. The van der Waals surface area contributed by atoms with Gasteiger partial charge in [0.1, 0.15) is 5.60 Å². The van der Waals surface area contributed by atoms with E-state index in [1.54, 1.807) is 19.1 Å². The van der Waals surface area contributed by atoms with Gasteiger partial charge in [-0.15, -0.1) is 0 Å². The zero-order chi connectivity index (χ0) is 12.6. The highest BCUT2D eigenvalue weighted by molar-refractivity contribution is 5.92. The molecule has 0 aromatic heterocycles. The molecule has 1 aliphatic carbocycles. The van der Waals surface area contributed by atoms with Gasteiger partial charge in [-0.25, -0.2) is 0 Å². The zero-order valence-electron chi connectivity index (χ0n) is 10.5. The van der Waals surface area contributed by atoms with E-state index in [0.29, 0.717) is 12.0 Å². The molecule has 0 heterocycles. The number of hydrogen-bond acceptors (Lipinski definition) is 2. The summed E-state index contributed by atoms with van der Waals surface area (Å²) in [6.07, 6.45) is 5.44. The van der Waals surface area contributed by atoms with Crippen LogP contribution in [0.15, 0.2) is 36.0 Å². The Morgan fingerprint density at radius 2 is 2.12 bits per heavy atom. The molecule has 0 bridgehead atoms. The first-order chi connectivity index (χ1) is 7.19. The monoisotopic (exact) mass is 220 g/mol. The average molecular weight is 220 g/mol. The zero-order valence-corrected chi connectivity index (χ0v) is 10.5. The SMILES string of the molecule is C=C(C)/C=C/[C@@]1(O)C(C)=CC(=O)CC1(C)C. The lowest BCUT2D eigenvalue weighted by Crippen LogP contribution is -2.48. The van der Waals surface area contributed by atoms with E-state index < -0.39 is 11.0 Å². The van der Waals surface area contributed by atoms with Gasteiger partial charge in [0, 0.05) is 11.8 Å². The highest BCUT2D eigenvalue weighted by Gasteiger charge is 2.46. The highest BCUT2D eigenvalue weighted by atomic mass is 16.3. The smallest absolute Gasteiger partial charge is 0.156 e. The molecule has 0 aliphatic heterocycles. The molecule has 2 heteroatoms. The summed E-state index contributed by atoms with van der Waals surface area (Å²) < 4.78 is 0. The summed E-state index contributed by atoms with van der Waals surface area (Å²) in [6.45, 7) is 11.3. The van der Waals surface area contributed by atoms with Crippen molar-refractivity contribution in [2.75, 3.05) is 0 Å². The van der Waals surface area contributed by atoms with Crippen molar-refractivity contribution in [1.29, 1.82) is 0 Å². The first kappa shape index (κ1) is 12.9. The first-order valence-electron chi connectivity index (χ1n) is 5.48. The number of aliphatic hydroxyl groups is 1. The van der Waals surface area contributed by atoms with Crippen molar-refractivity contribution in [2.24, 2.45) is 5.41 Å². The van der Waals surface area contributed by atoms with Crippen LogP contribution in [0.2, 0.25) is 0 Å². The molecule has 2 nitrogen and oxygen atoms in total. The molecule has 0 unspecified atom stereocenters. The highest BCUT2D eigenvalue weighted by Crippen LogP contribution is 2.44. The summed E-state index contributed by atoms with van der Waals surface area (Å²) in [6, 6.07) is 0. The van der Waals surface area contributed by atoms with Crippen molar-refractivity contribution in [3.05, 3.63) is 36.0 Å². The van der Waals surface area contributed by atoms with E-state index in [0.717, 1.165) is 5.57 Å². The van der Waals surface area contributed by atoms with Gasteiger partial charge in [0.2, 0.25) is 0 Å². The Hall–Kier alpha value is -1.15. The number of hydrogen-bond donors (Lipinski definition) is 1. The molecular formula is C14H20O2. The van der Waals surface area contributed by atoms with Crippen LogP contribution in [0.25, 0.3) is 0 Å². The van der Waals surface area contributed by atoms with Crippen LogP contribution in [0.1, 0.15) is 34.1 Å². The molecule has 1 N–H and O–H groups in total. The van der Waals surface area contributed by atoms with Gasteiger partial charge < -0.3 is 5.11 Å². The number of rotatable bonds is 2. The minimum atomic E-state index is -1.06. The van der Waals surface area contributed by atoms with E-state index in [1.807, 2.05) is 20.8 Å². The summed E-state index contributed by atoms with van der Waals surface area (Å²) in [5.74, 6) is 0.0795. The van der Waals surface area contributed by atoms with Crippen LogP contribution in [0.5, 0.6) is 0 Å². The summed E-state index contributed by atoms with van der Waals surface area (Å²) in [5.41, 5.74) is 0.0505. The minimum Gasteiger partial charge on any atom is -0.381 e. The fraction of sp³-hybridized carbons (Fsp3) is 0.500. The van der Waals surface area contributed by atoms with E-state index >= 15 is 0 Å². The van der Waals surface area contributed by atoms with Crippen LogP contribution in [0.3, 0.4) is 0 Å². The standard InChI is InChI=1S/C14H20O2/c1-10(2)6-7-14(16)11(3)8-12(15)9-13(14,4)5/h6-8,16H,1,9H2,2-5H3/b7-6+/t14-/m1/s1. The van der Waals surface area contributed by atoms with E-state index in [9.17, 15) is 9.90 Å². The molecule has 0 spiro atoms. The van der Waals surface area contributed by atoms with Crippen LogP contribution in [0.4, 0.5) is 0 Å². The predicted octanol–water partition coefficient (Wildman–Crippen LogP) is 2.80. The predicted molar refractivity (Wildman–Crippen MR) is 66.1 cm³/mol. The third kappa shape index (κ3) is 2.17. The van der Waals surface area contributed by atoms with Gasteiger partial charge in [-0.2, -0.15) is 0 Å². The number of carbonyl (C=O) groups is 1. The van der Waals surface area contributed by atoms with Crippen LogP contribution in [0, 0.1) is 5.41 Å². The fourth-order valence-corrected chi connectivity index (χ4v) is 2.13. The second-order valence-electron chi connectivity index (χ2n) is 5.30. The number of allylic oxidation sites excluding steroid dienone is 3. The van der Waals surface area contributed by atoms with Gasteiger partial charge in [-0.3, -0.25) is 4.79 Å². The maximum atomic E-state index is 11.5. The van der Waals surface area contributed by atoms with Crippen molar-refractivity contribution < 1.29 is 9.90 Å². The van der Waals surface area contributed by atoms with Gasteiger partial charge in [0.05, 0.1) is 0 Å². The molecule has 1 rings (SSSR count). The van der Waals surface area contributed by atoms with Crippen LogP contribution in [-0.2, 0) is 4.79 Å². The van der Waals surface area contributed by atoms with Crippen LogP contribution in [-0.4, -0.2) is 16.5 Å². The van der Waals surface area contributed by atoms with Gasteiger partial charge in [0.15, 0.2) is 5.78 Å². The van der Waals surface area contributed by atoms with Crippen molar-refractivity contribution in [3.63, 3.8) is 0 Å². The first-order valence-corrected chi connectivity index (χ1v) is 5.48. The second kappa shape index (κ2) is 4.02. The molecular weight excluding hydrogens is 200 g/mol. The molecule has 0 fully saturated rings. The maximum absolute atomic E-state index is 11.5. The van der Waals surface area contributed by atoms with E-state index in [-0.39, 0.29) is 5.78 Å². The molecule has 0 saturated carbocycles. The normalized spacial score (nSPS) is 29.3. The Balaban J connectivity index is 3.21. The molecule has 0 radical (unpaired) electrons. The van der Waals surface area contributed by atoms with Crippen molar-refractivity contribution in [2.45, 2.75) is 39.7 Å². The molecule has 1 aliphatic rings. The molecule has 0 aromatic carbocycles. The number of ketones is 1. The molecule has 1 atom stereocenters. The van der Waals surface area contributed by atoms with E-state index in [1.165, 1.54) is 6.08 Å². The molecule has 0 saturated heterocycles. The largest absolute Gasteiger partial charge is 0.381 e. The van der Waals surface area contributed by atoms with E-state index in [4.69, 9.17) is 0 Å². The van der Waals surface area contributed by atoms with Crippen LogP contribution < -0.4 is 0 Å². The lowest BCUT2D eigenvalue weighted by Gasteiger charge is -2.43. The van der Waals surface area contributed by atoms with Crippen LogP contribution >= 0.6 is 0 Å². The van der Waals surface area contributed by atoms with Gasteiger partial charge >= 0.3 is 0 Å². The lowest BCUT2D eigenvalue weighted by atomic mass is 9.64. The summed E-state index contributed by atoms with van der Waals surface area (Å²) >= 11 is 0. The van der Waals surface area contributed by atoms with Crippen molar-refractivity contribution >= 4 is 5.78 Å². The molecule has 88 valence electrons. The van der Waals surface area contributed by atoms with Crippen molar-refractivity contribution in [1.82, 2.24) is 0 Å².